The summed E-state index contributed by atoms with van der Waals surface area (Å²) in [6, 6.07) is 13.8. The van der Waals surface area contributed by atoms with Crippen LogP contribution in [0.25, 0.3) is 22.2 Å². The summed E-state index contributed by atoms with van der Waals surface area (Å²) in [7, 11) is 1.97. The molecule has 2 aromatic carbocycles. The van der Waals surface area contributed by atoms with Crippen LogP contribution in [0, 0.1) is 5.41 Å². The summed E-state index contributed by atoms with van der Waals surface area (Å²) in [5.74, 6) is 0.0263. The van der Waals surface area contributed by atoms with Crippen LogP contribution in [0.4, 0.5) is 0 Å². The van der Waals surface area contributed by atoms with Crippen molar-refractivity contribution in [2.24, 2.45) is 12.5 Å². The third-order valence-corrected chi connectivity index (χ3v) is 6.65. The quantitative estimate of drug-likeness (QED) is 0.705. The van der Waals surface area contributed by atoms with Gasteiger partial charge in [0.1, 0.15) is 0 Å². The smallest absolute Gasteiger partial charge is 0.253 e. The van der Waals surface area contributed by atoms with E-state index >= 15 is 0 Å². The second kappa shape index (κ2) is 7.50. The number of fused-ring (bicyclic) bond motifs is 1. The predicted molar refractivity (Wildman–Crippen MR) is 117 cm³/mol. The first-order valence-corrected chi connectivity index (χ1v) is 10.7. The summed E-state index contributed by atoms with van der Waals surface area (Å²) in [5, 5.41) is 9.49. The minimum Gasteiger partial charge on any atom is -0.395 e. The molecular formula is C24H26N4O3. The fourth-order valence-corrected chi connectivity index (χ4v) is 4.34. The molecule has 0 radical (unpaired) electrons. The van der Waals surface area contributed by atoms with Crippen molar-refractivity contribution in [3.8, 4) is 11.1 Å². The van der Waals surface area contributed by atoms with E-state index in [1.807, 2.05) is 35.9 Å². The average molecular weight is 418 g/mol. The molecule has 0 unspecified atom stereocenters. The van der Waals surface area contributed by atoms with Gasteiger partial charge in [0.15, 0.2) is 0 Å². The number of aliphatic hydroxyl groups excluding tert-OH is 1. The van der Waals surface area contributed by atoms with E-state index in [1.54, 1.807) is 16.1 Å². The molecule has 1 saturated carbocycles. The van der Waals surface area contributed by atoms with Gasteiger partial charge in [0, 0.05) is 38.8 Å². The van der Waals surface area contributed by atoms with E-state index in [0.29, 0.717) is 31.7 Å². The van der Waals surface area contributed by atoms with Crippen LogP contribution in [0.2, 0.25) is 0 Å². The number of rotatable bonds is 4. The second-order valence-corrected chi connectivity index (χ2v) is 8.66. The van der Waals surface area contributed by atoms with E-state index in [-0.39, 0.29) is 18.4 Å². The Morgan fingerprint density at radius 2 is 1.61 bits per heavy atom. The zero-order valence-electron chi connectivity index (χ0n) is 17.6. The molecule has 1 aliphatic heterocycles. The van der Waals surface area contributed by atoms with Crippen molar-refractivity contribution in [1.29, 1.82) is 0 Å². The van der Waals surface area contributed by atoms with Crippen LogP contribution in [0.15, 0.2) is 48.8 Å². The molecule has 1 aromatic heterocycles. The van der Waals surface area contributed by atoms with Crippen molar-refractivity contribution in [1.82, 2.24) is 19.4 Å². The Kier molecular flexibility index (Phi) is 4.78. The maximum Gasteiger partial charge on any atom is 0.253 e. The van der Waals surface area contributed by atoms with Gasteiger partial charge >= 0.3 is 0 Å². The van der Waals surface area contributed by atoms with Crippen molar-refractivity contribution in [2.75, 3.05) is 32.8 Å². The van der Waals surface area contributed by atoms with Gasteiger partial charge in [-0.05, 0) is 48.2 Å². The Hall–Kier alpha value is -3.19. The van der Waals surface area contributed by atoms with E-state index in [0.717, 1.165) is 35.0 Å². The molecule has 7 nitrogen and oxygen atoms in total. The monoisotopic (exact) mass is 418 g/mol. The first kappa shape index (κ1) is 19.8. The maximum absolute atomic E-state index is 12.9. The number of nitrogens with zero attached hydrogens (tertiary/aromatic N) is 4. The van der Waals surface area contributed by atoms with E-state index < -0.39 is 5.41 Å². The molecule has 1 saturated heterocycles. The summed E-state index contributed by atoms with van der Waals surface area (Å²) in [5.41, 5.74) is 4.24. The molecule has 7 heteroatoms. The van der Waals surface area contributed by atoms with Crippen molar-refractivity contribution in [3.63, 3.8) is 0 Å². The number of carbonyl (C=O) groups excluding carboxylic acids is 2. The van der Waals surface area contributed by atoms with Crippen molar-refractivity contribution in [2.45, 2.75) is 12.8 Å². The highest BCUT2D eigenvalue weighted by molar-refractivity contribution is 5.95. The molecule has 2 fully saturated rings. The second-order valence-electron chi connectivity index (χ2n) is 8.66. The number of piperazine rings is 1. The molecule has 1 aliphatic carbocycles. The first-order valence-electron chi connectivity index (χ1n) is 10.7. The molecule has 31 heavy (non-hydrogen) atoms. The minimum absolute atomic E-state index is 0.0119. The predicted octanol–water partition coefficient (Wildman–Crippen LogP) is 2.30. The molecule has 160 valence electrons. The Morgan fingerprint density at radius 3 is 2.26 bits per heavy atom. The maximum atomic E-state index is 12.9. The van der Waals surface area contributed by atoms with Gasteiger partial charge in [-0.2, -0.15) is 0 Å². The Bertz CT molecular complexity index is 1140. The van der Waals surface area contributed by atoms with Gasteiger partial charge in [0.25, 0.3) is 5.91 Å². The fraction of sp³-hybridized carbons (Fsp3) is 0.375. The van der Waals surface area contributed by atoms with Gasteiger partial charge in [-0.3, -0.25) is 9.59 Å². The first-order chi connectivity index (χ1) is 15.0. The number of hydrogen-bond donors (Lipinski definition) is 1. The molecule has 5 rings (SSSR count). The third kappa shape index (κ3) is 3.49. The minimum atomic E-state index is -0.541. The third-order valence-electron chi connectivity index (χ3n) is 6.65. The molecule has 1 N–H and O–H groups in total. The highest BCUT2D eigenvalue weighted by Crippen LogP contribution is 2.46. The lowest BCUT2D eigenvalue weighted by molar-refractivity contribution is -0.140. The molecule has 2 aliphatic rings. The average Bonchev–Trinajstić information content (AvgIpc) is 3.55. The van der Waals surface area contributed by atoms with Gasteiger partial charge in [0.2, 0.25) is 5.91 Å². The highest BCUT2D eigenvalue weighted by Gasteiger charge is 2.51. The van der Waals surface area contributed by atoms with Gasteiger partial charge in [-0.1, -0.05) is 18.2 Å². The lowest BCUT2D eigenvalue weighted by atomic mass is 10.0. The van der Waals surface area contributed by atoms with E-state index in [1.165, 1.54) is 0 Å². The van der Waals surface area contributed by atoms with Gasteiger partial charge in [-0.25, -0.2) is 4.98 Å². The summed E-state index contributed by atoms with van der Waals surface area (Å²) >= 11 is 0. The molecule has 2 heterocycles. The van der Waals surface area contributed by atoms with Crippen LogP contribution in [-0.4, -0.2) is 69.1 Å². The van der Waals surface area contributed by atoms with Gasteiger partial charge in [0.05, 0.1) is 29.4 Å². The van der Waals surface area contributed by atoms with Crippen molar-refractivity contribution in [3.05, 3.63) is 54.4 Å². The SMILES string of the molecule is Cn1cnc2cc(-c3ccc(C(=O)N4CCN(C(=O)C5(CO)CC5)CC4)cc3)ccc21. The van der Waals surface area contributed by atoms with Crippen LogP contribution in [0.1, 0.15) is 23.2 Å². The number of carbonyl (C=O) groups is 2. The van der Waals surface area contributed by atoms with Gasteiger partial charge < -0.3 is 19.5 Å². The summed E-state index contributed by atoms with van der Waals surface area (Å²) in [6.45, 7) is 2.00. The molecule has 3 aromatic rings. The molecule has 0 spiro atoms. The van der Waals surface area contributed by atoms with Crippen LogP contribution < -0.4 is 0 Å². The number of aryl methyl sites for hydroxylation is 1. The van der Waals surface area contributed by atoms with Crippen LogP contribution in [0.5, 0.6) is 0 Å². The van der Waals surface area contributed by atoms with Crippen LogP contribution >= 0.6 is 0 Å². The molecule has 0 atom stereocenters. The van der Waals surface area contributed by atoms with Crippen LogP contribution in [0.3, 0.4) is 0 Å². The Labute approximate surface area is 180 Å². The van der Waals surface area contributed by atoms with Gasteiger partial charge in [-0.15, -0.1) is 0 Å². The summed E-state index contributed by atoms with van der Waals surface area (Å²) < 4.78 is 1.99. The summed E-state index contributed by atoms with van der Waals surface area (Å²) in [6.07, 6.45) is 3.33. The topological polar surface area (TPSA) is 78.7 Å². The zero-order chi connectivity index (χ0) is 21.6. The fourth-order valence-electron chi connectivity index (χ4n) is 4.34. The number of imidazole rings is 1. The highest BCUT2D eigenvalue weighted by atomic mass is 16.3. The summed E-state index contributed by atoms with van der Waals surface area (Å²) in [4.78, 5) is 33.5. The van der Waals surface area contributed by atoms with E-state index in [2.05, 4.69) is 23.2 Å². The number of aliphatic hydroxyl groups is 1. The van der Waals surface area contributed by atoms with Crippen molar-refractivity contribution < 1.29 is 14.7 Å². The van der Waals surface area contributed by atoms with E-state index in [9.17, 15) is 14.7 Å². The Balaban J connectivity index is 1.24. The number of hydrogen-bond acceptors (Lipinski definition) is 4. The standard InChI is InChI=1S/C24H26N4O3/c1-26-16-25-20-14-19(6-7-21(20)26)17-2-4-18(5-3-17)22(30)27-10-12-28(13-11-27)23(31)24(15-29)8-9-24/h2-7,14,16,29H,8-13,15H2,1H3. The zero-order valence-corrected chi connectivity index (χ0v) is 17.6. The lowest BCUT2D eigenvalue weighted by Crippen LogP contribution is -2.52. The Morgan fingerprint density at radius 1 is 0.968 bits per heavy atom. The number of amides is 2. The number of benzene rings is 2. The molecule has 2 amide bonds. The van der Waals surface area contributed by atoms with Crippen molar-refractivity contribution >= 4 is 22.8 Å². The number of aromatic nitrogens is 2. The van der Waals surface area contributed by atoms with E-state index in [4.69, 9.17) is 0 Å². The largest absolute Gasteiger partial charge is 0.395 e. The van der Waals surface area contributed by atoms with Crippen LogP contribution in [-0.2, 0) is 11.8 Å². The molecule has 0 bridgehead atoms. The lowest BCUT2D eigenvalue weighted by Gasteiger charge is -2.36. The molecular weight excluding hydrogens is 392 g/mol. The normalized spacial score (nSPS) is 17.7.